The highest BCUT2D eigenvalue weighted by molar-refractivity contribution is 7.22. The molecule has 0 spiro atoms. The molecule has 2 aromatic heterocycles. The van der Waals surface area contributed by atoms with Crippen LogP contribution < -0.4 is 9.64 Å². The molecule has 7 heteroatoms. The Morgan fingerprint density at radius 2 is 1.93 bits per heavy atom. The molecule has 4 rings (SSSR count). The zero-order valence-electron chi connectivity index (χ0n) is 15.9. The van der Waals surface area contributed by atoms with Crippen molar-refractivity contribution in [1.29, 1.82) is 0 Å². The number of benzene rings is 2. The highest BCUT2D eigenvalue weighted by atomic mass is 35.5. The van der Waals surface area contributed by atoms with Crippen molar-refractivity contribution in [2.75, 3.05) is 12.0 Å². The first-order chi connectivity index (χ1) is 14.1. The number of nitrogens with zero attached hydrogens (tertiary/aromatic N) is 3. The number of hydrogen-bond acceptors (Lipinski definition) is 5. The van der Waals surface area contributed by atoms with Gasteiger partial charge in [-0.25, -0.2) is 4.98 Å². The standard InChI is InChI=1S/C22H18ClN3O2S/c1-14-10-11-18(28-2)19-20(14)29-22(25-19)26(13-15-7-5-6-12-24-15)21(27)16-8-3-4-9-17(16)23/h3-12H,13H2,1-2H3. The van der Waals surface area contributed by atoms with Gasteiger partial charge in [0, 0.05) is 6.20 Å². The quantitative estimate of drug-likeness (QED) is 0.424. The Balaban J connectivity index is 1.84. The number of hydrogen-bond donors (Lipinski definition) is 0. The van der Waals surface area contributed by atoms with Gasteiger partial charge < -0.3 is 4.74 Å². The van der Waals surface area contributed by atoms with Crippen LogP contribution in [0.2, 0.25) is 5.02 Å². The number of pyridine rings is 1. The van der Waals surface area contributed by atoms with Gasteiger partial charge in [0.05, 0.1) is 34.6 Å². The fourth-order valence-electron chi connectivity index (χ4n) is 3.04. The van der Waals surface area contributed by atoms with E-state index < -0.39 is 0 Å². The summed E-state index contributed by atoms with van der Waals surface area (Å²) >= 11 is 7.76. The maximum atomic E-state index is 13.4. The number of amides is 1. The van der Waals surface area contributed by atoms with E-state index in [4.69, 9.17) is 21.3 Å². The predicted molar refractivity (Wildman–Crippen MR) is 117 cm³/mol. The summed E-state index contributed by atoms with van der Waals surface area (Å²) < 4.78 is 6.45. The monoisotopic (exact) mass is 423 g/mol. The number of carbonyl (C=O) groups excluding carboxylic acids is 1. The summed E-state index contributed by atoms with van der Waals surface area (Å²) in [6.07, 6.45) is 1.71. The molecule has 0 bridgehead atoms. The van der Waals surface area contributed by atoms with Crippen molar-refractivity contribution in [2.24, 2.45) is 0 Å². The molecule has 5 nitrogen and oxygen atoms in total. The molecule has 0 fully saturated rings. The molecule has 4 aromatic rings. The molecular formula is C22H18ClN3O2S. The van der Waals surface area contributed by atoms with Crippen LogP contribution >= 0.6 is 22.9 Å². The molecular weight excluding hydrogens is 406 g/mol. The number of rotatable bonds is 5. The zero-order chi connectivity index (χ0) is 20.4. The molecule has 1 amide bonds. The third-order valence-electron chi connectivity index (χ3n) is 4.54. The highest BCUT2D eigenvalue weighted by Crippen LogP contribution is 2.37. The lowest BCUT2D eigenvalue weighted by atomic mass is 10.2. The summed E-state index contributed by atoms with van der Waals surface area (Å²) in [5, 5.41) is 0.974. The SMILES string of the molecule is COc1ccc(C)c2sc(N(Cc3ccccn3)C(=O)c3ccccc3Cl)nc12. The largest absolute Gasteiger partial charge is 0.494 e. The minimum atomic E-state index is -0.225. The van der Waals surface area contributed by atoms with Gasteiger partial charge in [0.1, 0.15) is 11.3 Å². The second-order valence-corrected chi connectivity index (χ2v) is 7.84. The van der Waals surface area contributed by atoms with Crippen LogP contribution in [0.1, 0.15) is 21.6 Å². The van der Waals surface area contributed by atoms with Crippen LogP contribution in [0.3, 0.4) is 0 Å². The van der Waals surface area contributed by atoms with Crippen molar-refractivity contribution in [3.8, 4) is 5.75 Å². The van der Waals surface area contributed by atoms with Crippen LogP contribution in [-0.4, -0.2) is 23.0 Å². The average Bonchev–Trinajstić information content (AvgIpc) is 3.19. The molecule has 0 atom stereocenters. The Bertz CT molecular complexity index is 1180. The molecule has 0 aliphatic heterocycles. The minimum Gasteiger partial charge on any atom is -0.494 e. The molecule has 0 unspecified atom stereocenters. The fraction of sp³-hybridized carbons (Fsp3) is 0.136. The summed E-state index contributed by atoms with van der Waals surface area (Å²) in [6, 6.07) is 16.5. The molecule has 0 saturated carbocycles. The maximum Gasteiger partial charge on any atom is 0.261 e. The van der Waals surface area contributed by atoms with Gasteiger partial charge in [0.25, 0.3) is 5.91 Å². The van der Waals surface area contributed by atoms with Crippen molar-refractivity contribution in [3.63, 3.8) is 0 Å². The van der Waals surface area contributed by atoms with Crippen LogP contribution in [-0.2, 0) is 6.54 Å². The minimum absolute atomic E-state index is 0.225. The molecule has 0 aliphatic carbocycles. The number of halogens is 1. The van der Waals surface area contributed by atoms with E-state index in [0.29, 0.717) is 21.5 Å². The maximum absolute atomic E-state index is 13.4. The van der Waals surface area contributed by atoms with E-state index in [1.54, 1.807) is 42.5 Å². The third kappa shape index (κ3) is 3.81. The lowest BCUT2D eigenvalue weighted by Crippen LogP contribution is -2.31. The smallest absolute Gasteiger partial charge is 0.261 e. The first kappa shape index (κ1) is 19.4. The molecule has 0 radical (unpaired) electrons. The average molecular weight is 424 g/mol. The van der Waals surface area contributed by atoms with Crippen molar-refractivity contribution >= 4 is 44.2 Å². The van der Waals surface area contributed by atoms with E-state index in [1.807, 2.05) is 37.3 Å². The van der Waals surface area contributed by atoms with Gasteiger partial charge >= 0.3 is 0 Å². The summed E-state index contributed by atoms with van der Waals surface area (Å²) in [6.45, 7) is 2.30. The topological polar surface area (TPSA) is 55.3 Å². The summed E-state index contributed by atoms with van der Waals surface area (Å²) in [4.78, 5) is 24.2. The van der Waals surface area contributed by atoms with Crippen LogP contribution in [0.25, 0.3) is 10.2 Å². The molecule has 29 heavy (non-hydrogen) atoms. The van der Waals surface area contributed by atoms with Crippen LogP contribution in [0, 0.1) is 6.92 Å². The molecule has 2 heterocycles. The molecule has 146 valence electrons. The summed E-state index contributed by atoms with van der Waals surface area (Å²) in [5.41, 5.74) is 3.00. The Kier molecular flexibility index (Phi) is 5.47. The van der Waals surface area contributed by atoms with Gasteiger partial charge in [-0.2, -0.15) is 0 Å². The number of methoxy groups -OCH3 is 1. The number of thiazole rings is 1. The number of aryl methyl sites for hydroxylation is 1. The van der Waals surface area contributed by atoms with Gasteiger partial charge in [-0.3, -0.25) is 14.7 Å². The van der Waals surface area contributed by atoms with Crippen molar-refractivity contribution in [1.82, 2.24) is 9.97 Å². The first-order valence-electron chi connectivity index (χ1n) is 8.99. The van der Waals surface area contributed by atoms with Gasteiger partial charge in [0.2, 0.25) is 0 Å². The van der Waals surface area contributed by atoms with Gasteiger partial charge in [-0.05, 0) is 42.8 Å². The fourth-order valence-corrected chi connectivity index (χ4v) is 4.30. The van der Waals surface area contributed by atoms with E-state index in [0.717, 1.165) is 21.5 Å². The Labute approximate surface area is 177 Å². The lowest BCUT2D eigenvalue weighted by molar-refractivity contribution is 0.0985. The van der Waals surface area contributed by atoms with E-state index in [1.165, 1.54) is 11.3 Å². The number of aromatic nitrogens is 2. The van der Waals surface area contributed by atoms with E-state index in [9.17, 15) is 4.79 Å². The normalized spacial score (nSPS) is 10.9. The Morgan fingerprint density at radius 1 is 1.14 bits per heavy atom. The zero-order valence-corrected chi connectivity index (χ0v) is 17.5. The third-order valence-corrected chi connectivity index (χ3v) is 6.08. The number of ether oxygens (including phenoxy) is 1. The number of carbonyl (C=O) groups is 1. The van der Waals surface area contributed by atoms with Crippen molar-refractivity contribution in [3.05, 3.63) is 82.6 Å². The molecule has 2 aromatic carbocycles. The first-order valence-corrected chi connectivity index (χ1v) is 10.2. The lowest BCUT2D eigenvalue weighted by Gasteiger charge is -2.20. The van der Waals surface area contributed by atoms with E-state index in [2.05, 4.69) is 4.98 Å². The van der Waals surface area contributed by atoms with E-state index >= 15 is 0 Å². The van der Waals surface area contributed by atoms with Crippen molar-refractivity contribution in [2.45, 2.75) is 13.5 Å². The molecule has 0 saturated heterocycles. The van der Waals surface area contributed by atoms with Crippen LogP contribution in [0.15, 0.2) is 60.8 Å². The van der Waals surface area contributed by atoms with Gasteiger partial charge in [-0.15, -0.1) is 0 Å². The Hall–Kier alpha value is -2.96. The summed E-state index contributed by atoms with van der Waals surface area (Å²) in [7, 11) is 1.61. The highest BCUT2D eigenvalue weighted by Gasteiger charge is 2.25. The Morgan fingerprint density at radius 3 is 2.66 bits per heavy atom. The summed E-state index contributed by atoms with van der Waals surface area (Å²) in [5.74, 6) is 0.452. The second-order valence-electron chi connectivity index (χ2n) is 6.45. The van der Waals surface area contributed by atoms with Crippen LogP contribution in [0.4, 0.5) is 5.13 Å². The number of anilines is 1. The van der Waals surface area contributed by atoms with Gasteiger partial charge in [-0.1, -0.05) is 47.2 Å². The van der Waals surface area contributed by atoms with Crippen molar-refractivity contribution < 1.29 is 9.53 Å². The van der Waals surface area contributed by atoms with Gasteiger partial charge in [0.15, 0.2) is 5.13 Å². The number of fused-ring (bicyclic) bond motifs is 1. The van der Waals surface area contributed by atoms with Crippen LogP contribution in [0.5, 0.6) is 5.75 Å². The molecule has 0 aliphatic rings. The predicted octanol–water partition coefficient (Wildman–Crippen LogP) is 5.51. The van der Waals surface area contributed by atoms with E-state index in [-0.39, 0.29) is 12.5 Å². The molecule has 0 N–H and O–H groups in total. The second kappa shape index (κ2) is 8.19.